The highest BCUT2D eigenvalue weighted by Crippen LogP contribution is 2.35. The molecular weight excluding hydrogens is 433 g/mol. The Balaban J connectivity index is 1.96. The van der Waals surface area contributed by atoms with Crippen molar-refractivity contribution in [2.45, 2.75) is 33.0 Å². The van der Waals surface area contributed by atoms with Crippen LogP contribution in [0.5, 0.6) is 5.75 Å². The first kappa shape index (κ1) is 24.1. The Morgan fingerprint density at radius 2 is 1.97 bits per heavy atom. The summed E-state index contributed by atoms with van der Waals surface area (Å²) in [6.07, 6.45) is -1.36. The van der Waals surface area contributed by atoms with Crippen LogP contribution in [0, 0.1) is 6.92 Å². The van der Waals surface area contributed by atoms with Crippen LogP contribution >= 0.6 is 0 Å². The van der Waals surface area contributed by atoms with Gasteiger partial charge in [-0.3, -0.25) is 9.48 Å². The number of amides is 1. The lowest BCUT2D eigenvalue weighted by Gasteiger charge is -2.15. The van der Waals surface area contributed by atoms with E-state index in [1.54, 1.807) is 48.5 Å². The third-order valence-electron chi connectivity index (χ3n) is 5.31. The highest BCUT2D eigenvalue weighted by Gasteiger charge is 2.33. The quantitative estimate of drug-likeness (QED) is 0.492. The molecule has 6 nitrogen and oxygen atoms in total. The Morgan fingerprint density at radius 3 is 2.58 bits per heavy atom. The molecule has 1 amide bonds. The minimum atomic E-state index is -4.54. The van der Waals surface area contributed by atoms with Crippen LogP contribution in [-0.2, 0) is 13.2 Å². The summed E-state index contributed by atoms with van der Waals surface area (Å²) in [5, 5.41) is 6.85. The van der Waals surface area contributed by atoms with Crippen molar-refractivity contribution in [3.05, 3.63) is 77.2 Å². The number of rotatable bonds is 6. The number of nitrogens with zero attached hydrogens (tertiary/aromatic N) is 2. The van der Waals surface area contributed by atoms with Crippen molar-refractivity contribution in [3.63, 3.8) is 0 Å². The first-order valence-corrected chi connectivity index (χ1v) is 10.2. The number of halogens is 3. The van der Waals surface area contributed by atoms with Crippen LogP contribution < -0.4 is 15.8 Å². The number of ether oxygens (including phenoxy) is 1. The van der Waals surface area contributed by atoms with Crippen LogP contribution in [-0.4, -0.2) is 21.7 Å². The second-order valence-electron chi connectivity index (χ2n) is 7.75. The molecule has 0 fully saturated rings. The summed E-state index contributed by atoms with van der Waals surface area (Å²) in [6, 6.07) is 10.1. The lowest BCUT2D eigenvalue weighted by atomic mass is 10.0. The Bertz CT molecular complexity index is 1200. The predicted molar refractivity (Wildman–Crippen MR) is 121 cm³/mol. The molecule has 174 valence electrons. The van der Waals surface area contributed by atoms with Gasteiger partial charge in [0.25, 0.3) is 5.91 Å². The zero-order valence-corrected chi connectivity index (χ0v) is 18.7. The molecule has 0 saturated heterocycles. The molecule has 9 heteroatoms. The third kappa shape index (κ3) is 5.43. The van der Waals surface area contributed by atoms with E-state index < -0.39 is 17.6 Å². The van der Waals surface area contributed by atoms with Gasteiger partial charge in [-0.25, -0.2) is 0 Å². The van der Waals surface area contributed by atoms with Gasteiger partial charge in [-0.05, 0) is 68.3 Å². The number of carbonyl (C=O) groups is 1. The van der Waals surface area contributed by atoms with Crippen LogP contribution in [0.2, 0.25) is 0 Å². The van der Waals surface area contributed by atoms with Gasteiger partial charge in [-0.1, -0.05) is 6.07 Å². The van der Waals surface area contributed by atoms with Crippen molar-refractivity contribution in [2.24, 2.45) is 12.8 Å². The van der Waals surface area contributed by atoms with Crippen LogP contribution in [0.4, 0.5) is 18.9 Å². The zero-order valence-electron chi connectivity index (χ0n) is 18.7. The predicted octanol–water partition coefficient (Wildman–Crippen LogP) is 5.30. The monoisotopic (exact) mass is 458 g/mol. The van der Waals surface area contributed by atoms with E-state index in [4.69, 9.17) is 10.5 Å². The number of benzene rings is 2. The Hall–Kier alpha value is -3.59. The molecule has 1 aromatic heterocycles. The van der Waals surface area contributed by atoms with Gasteiger partial charge in [0.2, 0.25) is 0 Å². The van der Waals surface area contributed by atoms with Gasteiger partial charge in [0.1, 0.15) is 5.75 Å². The minimum absolute atomic E-state index is 0.0530. The van der Waals surface area contributed by atoms with Gasteiger partial charge < -0.3 is 15.8 Å². The van der Waals surface area contributed by atoms with E-state index in [0.29, 0.717) is 17.0 Å². The molecule has 1 unspecified atom stereocenters. The van der Waals surface area contributed by atoms with E-state index in [-0.39, 0.29) is 17.2 Å². The van der Waals surface area contributed by atoms with Crippen LogP contribution in [0.25, 0.3) is 11.3 Å². The normalized spacial score (nSPS) is 13.0. The number of carbonyl (C=O) groups excluding carboxylic acids is 1. The maximum atomic E-state index is 13.2. The fourth-order valence-electron chi connectivity index (χ4n) is 3.20. The second-order valence-corrected chi connectivity index (χ2v) is 7.75. The zero-order chi connectivity index (χ0) is 24.3. The summed E-state index contributed by atoms with van der Waals surface area (Å²) >= 11 is 0. The van der Waals surface area contributed by atoms with Gasteiger partial charge in [0, 0.05) is 36.1 Å². The summed E-state index contributed by atoms with van der Waals surface area (Å²) < 4.78 is 47.2. The minimum Gasteiger partial charge on any atom is -0.464 e. The standard InChI is InChI=1S/C24H25F3N4O2/c1-14(16(3)28)13-33-22-9-8-17(12-19(22)21-10-11-29-31(21)4)30-23(32)18-6-5-7-20(15(18)2)24(25,26)27/h5-13,16H,28H2,1-4H3,(H,30,32)/b14-13-. The van der Waals surface area contributed by atoms with Crippen LogP contribution in [0.15, 0.2) is 60.5 Å². The maximum absolute atomic E-state index is 13.2. The van der Waals surface area contributed by atoms with E-state index in [2.05, 4.69) is 10.4 Å². The number of hydrogen-bond donors (Lipinski definition) is 2. The third-order valence-corrected chi connectivity index (χ3v) is 5.31. The molecule has 3 rings (SSSR count). The summed E-state index contributed by atoms with van der Waals surface area (Å²) in [5.41, 5.74) is 7.43. The second kappa shape index (κ2) is 9.50. The molecule has 0 saturated carbocycles. The van der Waals surface area contributed by atoms with E-state index in [1.165, 1.54) is 19.1 Å². The number of aryl methyl sites for hydroxylation is 1. The largest absolute Gasteiger partial charge is 0.464 e. The lowest BCUT2D eigenvalue weighted by molar-refractivity contribution is -0.138. The summed E-state index contributed by atoms with van der Waals surface area (Å²) in [6.45, 7) is 4.97. The van der Waals surface area contributed by atoms with Gasteiger partial charge in [-0.2, -0.15) is 18.3 Å². The SMILES string of the molecule is C/C(=C/Oc1ccc(NC(=O)c2cccc(C(F)(F)F)c2C)cc1-c1ccnn1C)C(C)N. The first-order valence-electron chi connectivity index (χ1n) is 10.2. The Morgan fingerprint density at radius 1 is 1.24 bits per heavy atom. The van der Waals surface area contributed by atoms with Gasteiger partial charge in [0.15, 0.2) is 0 Å². The summed E-state index contributed by atoms with van der Waals surface area (Å²) in [4.78, 5) is 12.8. The molecule has 3 N–H and O–H groups in total. The molecule has 1 atom stereocenters. The fraction of sp³-hybridized carbons (Fsp3) is 0.250. The van der Waals surface area contributed by atoms with Gasteiger partial charge in [0.05, 0.1) is 17.5 Å². The average molecular weight is 458 g/mol. The smallest absolute Gasteiger partial charge is 0.416 e. The number of nitrogens with one attached hydrogen (secondary N) is 1. The van der Waals surface area contributed by atoms with Crippen molar-refractivity contribution in [2.75, 3.05) is 5.32 Å². The molecular formula is C24H25F3N4O2. The van der Waals surface area contributed by atoms with Crippen molar-refractivity contribution in [1.82, 2.24) is 9.78 Å². The van der Waals surface area contributed by atoms with E-state index in [9.17, 15) is 18.0 Å². The maximum Gasteiger partial charge on any atom is 0.416 e. The molecule has 0 spiro atoms. The average Bonchev–Trinajstić information content (AvgIpc) is 3.17. The van der Waals surface area contributed by atoms with Gasteiger partial charge >= 0.3 is 6.18 Å². The van der Waals surface area contributed by atoms with E-state index >= 15 is 0 Å². The molecule has 3 aromatic rings. The molecule has 0 aliphatic carbocycles. The highest BCUT2D eigenvalue weighted by molar-refractivity contribution is 6.05. The molecule has 0 aliphatic rings. The Kier molecular flexibility index (Phi) is 6.92. The fourth-order valence-corrected chi connectivity index (χ4v) is 3.20. The van der Waals surface area contributed by atoms with E-state index in [1.807, 2.05) is 13.8 Å². The molecule has 0 bridgehead atoms. The number of anilines is 1. The molecule has 0 aliphatic heterocycles. The number of aromatic nitrogens is 2. The lowest BCUT2D eigenvalue weighted by Crippen LogP contribution is -2.17. The molecule has 33 heavy (non-hydrogen) atoms. The first-order chi connectivity index (χ1) is 15.5. The van der Waals surface area contributed by atoms with Crippen LogP contribution in [0.3, 0.4) is 0 Å². The molecule has 0 radical (unpaired) electrons. The Labute approximate surface area is 189 Å². The molecule has 1 heterocycles. The topological polar surface area (TPSA) is 82.2 Å². The van der Waals surface area contributed by atoms with Crippen LogP contribution in [0.1, 0.15) is 35.3 Å². The van der Waals surface area contributed by atoms with Gasteiger partial charge in [-0.15, -0.1) is 0 Å². The van der Waals surface area contributed by atoms with Crippen molar-refractivity contribution in [3.8, 4) is 17.0 Å². The number of nitrogens with two attached hydrogens (primary N) is 1. The molecule has 2 aromatic carbocycles. The number of alkyl halides is 3. The van der Waals surface area contributed by atoms with Crippen molar-refractivity contribution in [1.29, 1.82) is 0 Å². The highest BCUT2D eigenvalue weighted by atomic mass is 19.4. The van der Waals surface area contributed by atoms with Crippen molar-refractivity contribution >= 4 is 11.6 Å². The van der Waals surface area contributed by atoms with E-state index in [0.717, 1.165) is 17.3 Å². The van der Waals surface area contributed by atoms with Crippen molar-refractivity contribution < 1.29 is 22.7 Å². The number of hydrogen-bond acceptors (Lipinski definition) is 4. The summed E-state index contributed by atoms with van der Waals surface area (Å²) in [5.74, 6) is -0.136. The summed E-state index contributed by atoms with van der Waals surface area (Å²) in [7, 11) is 1.76.